The third-order valence-corrected chi connectivity index (χ3v) is 3.13. The van der Waals surface area contributed by atoms with Crippen LogP contribution in [0.1, 0.15) is 24.2 Å². The average Bonchev–Trinajstić information content (AvgIpc) is 2.33. The van der Waals surface area contributed by atoms with Crippen molar-refractivity contribution in [1.29, 1.82) is 0 Å². The van der Waals surface area contributed by atoms with Crippen LogP contribution < -0.4 is 0 Å². The number of benzene rings is 1. The highest BCUT2D eigenvalue weighted by molar-refractivity contribution is 6.35. The van der Waals surface area contributed by atoms with E-state index in [1.54, 1.807) is 13.8 Å². The molecule has 0 bridgehead atoms. The topological polar surface area (TPSA) is 57.6 Å². The molecule has 0 heterocycles. The predicted molar refractivity (Wildman–Crippen MR) is 74.8 cm³/mol. The summed E-state index contributed by atoms with van der Waals surface area (Å²) in [5, 5.41) is 9.63. The van der Waals surface area contributed by atoms with Crippen molar-refractivity contribution in [3.05, 3.63) is 33.8 Å². The standard InChI is InChI=1S/C13H15Cl2NO3/c1-3-16(7-8(2)13(18)19)12(17)9-4-10(14)6-11(15)5-9/h4-6,8H,3,7H2,1-2H3,(H,18,19). The Balaban J connectivity index is 2.92. The Morgan fingerprint density at radius 1 is 1.26 bits per heavy atom. The number of nitrogens with zero attached hydrogens (tertiary/aromatic N) is 1. The molecule has 19 heavy (non-hydrogen) atoms. The fraction of sp³-hybridized carbons (Fsp3) is 0.385. The van der Waals surface area contributed by atoms with Crippen molar-refractivity contribution >= 4 is 35.1 Å². The molecule has 1 aromatic rings. The molecule has 1 amide bonds. The molecule has 0 radical (unpaired) electrons. The molecule has 0 spiro atoms. The normalized spacial score (nSPS) is 12.0. The molecule has 1 aromatic carbocycles. The number of rotatable bonds is 5. The summed E-state index contributed by atoms with van der Waals surface area (Å²) in [4.78, 5) is 24.6. The first-order chi connectivity index (χ1) is 8.85. The monoisotopic (exact) mass is 303 g/mol. The predicted octanol–water partition coefficient (Wildman–Crippen LogP) is 3.18. The quantitative estimate of drug-likeness (QED) is 0.909. The molecule has 1 N–H and O–H groups in total. The van der Waals surface area contributed by atoms with Gasteiger partial charge in [0.15, 0.2) is 0 Å². The number of amides is 1. The number of halogens is 2. The average molecular weight is 304 g/mol. The van der Waals surface area contributed by atoms with Gasteiger partial charge in [-0.15, -0.1) is 0 Å². The number of carboxylic acids is 1. The molecule has 0 aliphatic carbocycles. The second-order valence-electron chi connectivity index (χ2n) is 4.24. The van der Waals surface area contributed by atoms with Crippen LogP contribution in [-0.4, -0.2) is 35.0 Å². The van der Waals surface area contributed by atoms with E-state index in [1.807, 2.05) is 0 Å². The number of hydrogen-bond acceptors (Lipinski definition) is 2. The molecular weight excluding hydrogens is 289 g/mol. The lowest BCUT2D eigenvalue weighted by Gasteiger charge is -2.23. The number of carboxylic acid groups (broad SMARTS) is 1. The minimum Gasteiger partial charge on any atom is -0.481 e. The van der Waals surface area contributed by atoms with E-state index in [0.717, 1.165) is 0 Å². The van der Waals surface area contributed by atoms with E-state index in [1.165, 1.54) is 23.1 Å². The smallest absolute Gasteiger partial charge is 0.308 e. The Bertz CT molecular complexity index is 471. The summed E-state index contributed by atoms with van der Waals surface area (Å²) < 4.78 is 0. The van der Waals surface area contributed by atoms with Crippen molar-refractivity contribution in [3.63, 3.8) is 0 Å². The Morgan fingerprint density at radius 3 is 2.21 bits per heavy atom. The van der Waals surface area contributed by atoms with Gasteiger partial charge in [-0.05, 0) is 25.1 Å². The summed E-state index contributed by atoms with van der Waals surface area (Å²) in [5.74, 6) is -1.84. The molecule has 1 rings (SSSR count). The van der Waals surface area contributed by atoms with E-state index < -0.39 is 11.9 Å². The van der Waals surface area contributed by atoms with Crippen molar-refractivity contribution in [2.24, 2.45) is 5.92 Å². The second kappa shape index (κ2) is 6.78. The van der Waals surface area contributed by atoms with E-state index in [0.29, 0.717) is 22.2 Å². The summed E-state index contributed by atoms with van der Waals surface area (Å²) >= 11 is 11.7. The number of aliphatic carboxylic acids is 1. The minimum absolute atomic E-state index is 0.148. The zero-order valence-corrected chi connectivity index (χ0v) is 12.2. The van der Waals surface area contributed by atoms with Crippen LogP contribution in [-0.2, 0) is 4.79 Å². The Kier molecular flexibility index (Phi) is 5.63. The van der Waals surface area contributed by atoms with E-state index in [2.05, 4.69) is 0 Å². The van der Waals surface area contributed by atoms with Crippen LogP contribution in [0.4, 0.5) is 0 Å². The number of carbonyl (C=O) groups is 2. The molecule has 1 atom stereocenters. The zero-order chi connectivity index (χ0) is 14.6. The first-order valence-corrected chi connectivity index (χ1v) is 6.59. The number of carbonyl (C=O) groups excluding carboxylic acids is 1. The second-order valence-corrected chi connectivity index (χ2v) is 5.11. The summed E-state index contributed by atoms with van der Waals surface area (Å²) in [6.45, 7) is 3.91. The van der Waals surface area contributed by atoms with E-state index in [-0.39, 0.29) is 12.5 Å². The van der Waals surface area contributed by atoms with Gasteiger partial charge in [-0.3, -0.25) is 9.59 Å². The molecule has 4 nitrogen and oxygen atoms in total. The van der Waals surface area contributed by atoms with Crippen LogP contribution in [0.3, 0.4) is 0 Å². The fourth-order valence-corrected chi connectivity index (χ4v) is 2.15. The van der Waals surface area contributed by atoms with Gasteiger partial charge in [0.1, 0.15) is 0 Å². The van der Waals surface area contributed by atoms with Gasteiger partial charge in [0.05, 0.1) is 5.92 Å². The third kappa shape index (κ3) is 4.40. The van der Waals surface area contributed by atoms with Crippen LogP contribution in [0.5, 0.6) is 0 Å². The Morgan fingerprint density at radius 2 is 1.79 bits per heavy atom. The van der Waals surface area contributed by atoms with Gasteiger partial charge in [-0.2, -0.15) is 0 Å². The molecule has 0 aliphatic rings. The van der Waals surface area contributed by atoms with E-state index in [9.17, 15) is 9.59 Å². The molecule has 0 fully saturated rings. The fourth-order valence-electron chi connectivity index (χ4n) is 1.62. The minimum atomic E-state index is -0.935. The van der Waals surface area contributed by atoms with Crippen LogP contribution >= 0.6 is 23.2 Å². The van der Waals surface area contributed by atoms with Crippen molar-refractivity contribution in [2.45, 2.75) is 13.8 Å². The maximum atomic E-state index is 12.3. The Labute approximate surface area is 121 Å². The maximum Gasteiger partial charge on any atom is 0.308 e. The third-order valence-electron chi connectivity index (χ3n) is 2.69. The largest absolute Gasteiger partial charge is 0.481 e. The maximum absolute atomic E-state index is 12.3. The lowest BCUT2D eigenvalue weighted by molar-refractivity contribution is -0.141. The van der Waals surface area contributed by atoms with Crippen LogP contribution in [0.25, 0.3) is 0 Å². The van der Waals surface area contributed by atoms with Crippen LogP contribution in [0, 0.1) is 5.92 Å². The summed E-state index contributed by atoms with van der Waals surface area (Å²) in [6.07, 6.45) is 0. The lowest BCUT2D eigenvalue weighted by Crippen LogP contribution is -2.36. The van der Waals surface area contributed by atoms with E-state index >= 15 is 0 Å². The van der Waals surface area contributed by atoms with Crippen molar-refractivity contribution in [2.75, 3.05) is 13.1 Å². The summed E-state index contributed by atoms with van der Waals surface area (Å²) in [6, 6.07) is 4.57. The highest BCUT2D eigenvalue weighted by atomic mass is 35.5. The SMILES string of the molecule is CCN(CC(C)C(=O)O)C(=O)c1cc(Cl)cc(Cl)c1. The van der Waals surface area contributed by atoms with E-state index in [4.69, 9.17) is 28.3 Å². The molecule has 0 saturated carbocycles. The summed E-state index contributed by atoms with van der Waals surface area (Å²) in [5.41, 5.74) is 0.358. The van der Waals surface area contributed by atoms with Gasteiger partial charge in [-0.25, -0.2) is 0 Å². The Hall–Kier alpha value is -1.26. The molecule has 104 valence electrons. The van der Waals surface area contributed by atoms with Gasteiger partial charge >= 0.3 is 5.97 Å². The summed E-state index contributed by atoms with van der Waals surface area (Å²) in [7, 11) is 0. The highest BCUT2D eigenvalue weighted by Crippen LogP contribution is 2.20. The van der Waals surface area contributed by atoms with Gasteiger partial charge in [0.25, 0.3) is 5.91 Å². The first kappa shape index (κ1) is 15.8. The zero-order valence-electron chi connectivity index (χ0n) is 10.7. The van der Waals surface area contributed by atoms with Crippen LogP contribution in [0.2, 0.25) is 10.0 Å². The van der Waals surface area contributed by atoms with Gasteiger partial charge in [0.2, 0.25) is 0 Å². The number of hydrogen-bond donors (Lipinski definition) is 1. The van der Waals surface area contributed by atoms with Gasteiger partial charge < -0.3 is 10.0 Å². The van der Waals surface area contributed by atoms with Gasteiger partial charge in [0, 0.05) is 28.7 Å². The molecule has 0 saturated heterocycles. The molecule has 6 heteroatoms. The van der Waals surface area contributed by atoms with Crippen molar-refractivity contribution in [1.82, 2.24) is 4.90 Å². The highest BCUT2D eigenvalue weighted by Gasteiger charge is 2.20. The molecule has 0 aromatic heterocycles. The molecule has 1 unspecified atom stereocenters. The molecular formula is C13H15Cl2NO3. The van der Waals surface area contributed by atoms with Gasteiger partial charge in [-0.1, -0.05) is 30.1 Å². The first-order valence-electron chi connectivity index (χ1n) is 5.83. The van der Waals surface area contributed by atoms with Crippen LogP contribution in [0.15, 0.2) is 18.2 Å². The lowest BCUT2D eigenvalue weighted by atomic mass is 10.1. The molecule has 0 aliphatic heterocycles. The van der Waals surface area contributed by atoms with Crippen molar-refractivity contribution in [3.8, 4) is 0 Å². The van der Waals surface area contributed by atoms with Crippen molar-refractivity contribution < 1.29 is 14.7 Å².